The first-order valence-corrected chi connectivity index (χ1v) is 8.60. The van der Waals surface area contributed by atoms with Gasteiger partial charge in [-0.2, -0.15) is 0 Å². The molecule has 0 bridgehead atoms. The maximum absolute atomic E-state index is 11.7. The van der Waals surface area contributed by atoms with Crippen LogP contribution >= 0.6 is 0 Å². The van der Waals surface area contributed by atoms with Crippen LogP contribution in [-0.2, 0) is 9.53 Å². The van der Waals surface area contributed by atoms with Crippen molar-refractivity contribution in [2.24, 2.45) is 10.9 Å². The highest BCUT2D eigenvalue weighted by Crippen LogP contribution is 2.12. The molecule has 7 nitrogen and oxygen atoms in total. The zero-order valence-electron chi connectivity index (χ0n) is 15.5. The van der Waals surface area contributed by atoms with E-state index in [9.17, 15) is 4.79 Å². The maximum Gasteiger partial charge on any atom is 0.243 e. The Bertz CT molecular complexity index is 417. The van der Waals surface area contributed by atoms with Crippen LogP contribution in [0.15, 0.2) is 17.6 Å². The molecule has 1 fully saturated rings. The molecule has 1 aliphatic heterocycles. The zero-order chi connectivity index (χ0) is 17.9. The van der Waals surface area contributed by atoms with Gasteiger partial charge >= 0.3 is 0 Å². The minimum atomic E-state index is -0.0247. The monoisotopic (exact) mass is 339 g/mol. The molecule has 0 saturated carbocycles. The molecule has 0 aromatic heterocycles. The third kappa shape index (κ3) is 7.31. The van der Waals surface area contributed by atoms with E-state index >= 15 is 0 Å². The molecule has 1 heterocycles. The molecule has 0 aromatic carbocycles. The van der Waals surface area contributed by atoms with E-state index in [4.69, 9.17) is 4.74 Å². The molecule has 0 aliphatic carbocycles. The van der Waals surface area contributed by atoms with E-state index in [1.807, 2.05) is 0 Å². The molecule has 0 aromatic rings. The van der Waals surface area contributed by atoms with Crippen molar-refractivity contribution in [3.63, 3.8) is 0 Å². The number of carbonyl (C=O) groups is 1. The van der Waals surface area contributed by atoms with Crippen molar-refractivity contribution in [3.05, 3.63) is 12.7 Å². The van der Waals surface area contributed by atoms with E-state index in [-0.39, 0.29) is 12.5 Å². The summed E-state index contributed by atoms with van der Waals surface area (Å²) < 4.78 is 5.44. The minimum Gasteiger partial charge on any atom is -0.379 e. The lowest BCUT2D eigenvalue weighted by atomic mass is 10.0. The van der Waals surface area contributed by atoms with Crippen LogP contribution in [0.25, 0.3) is 0 Å². The molecule has 2 N–H and O–H groups in total. The Morgan fingerprint density at radius 2 is 2.00 bits per heavy atom. The lowest BCUT2D eigenvalue weighted by molar-refractivity contribution is -0.127. The number of morpholine rings is 1. The molecule has 138 valence electrons. The second kappa shape index (κ2) is 11.0. The van der Waals surface area contributed by atoms with E-state index in [0.29, 0.717) is 24.5 Å². The first-order chi connectivity index (χ1) is 11.5. The first kappa shape index (κ1) is 20.4. The normalized spacial score (nSPS) is 17.5. The van der Waals surface area contributed by atoms with Gasteiger partial charge in [-0.05, 0) is 5.92 Å². The number of aliphatic imine (C=N–C) groups is 1. The summed E-state index contributed by atoms with van der Waals surface area (Å²) in [5.41, 5.74) is 0. The first-order valence-electron chi connectivity index (χ1n) is 8.60. The van der Waals surface area contributed by atoms with Crippen molar-refractivity contribution in [2.45, 2.75) is 19.9 Å². The molecular weight excluding hydrogens is 306 g/mol. The predicted octanol–water partition coefficient (Wildman–Crippen LogP) is 0.153. The van der Waals surface area contributed by atoms with Crippen LogP contribution in [0.2, 0.25) is 0 Å². The van der Waals surface area contributed by atoms with Gasteiger partial charge in [0.2, 0.25) is 5.91 Å². The Kier molecular flexibility index (Phi) is 9.41. The molecule has 24 heavy (non-hydrogen) atoms. The van der Waals surface area contributed by atoms with Crippen molar-refractivity contribution in [1.82, 2.24) is 20.4 Å². The average Bonchev–Trinajstić information content (AvgIpc) is 2.57. The summed E-state index contributed by atoms with van der Waals surface area (Å²) in [4.78, 5) is 20.1. The zero-order valence-corrected chi connectivity index (χ0v) is 15.5. The molecule has 1 unspecified atom stereocenters. The van der Waals surface area contributed by atoms with Crippen LogP contribution in [0, 0.1) is 5.92 Å². The summed E-state index contributed by atoms with van der Waals surface area (Å²) in [5, 5.41) is 6.53. The predicted molar refractivity (Wildman–Crippen MR) is 98.2 cm³/mol. The van der Waals surface area contributed by atoms with E-state index in [1.54, 1.807) is 25.1 Å². The number of guanidine groups is 1. The molecule has 1 saturated heterocycles. The lowest BCUT2D eigenvalue weighted by Crippen LogP contribution is -2.52. The van der Waals surface area contributed by atoms with Crippen LogP contribution in [0.1, 0.15) is 13.8 Å². The summed E-state index contributed by atoms with van der Waals surface area (Å²) in [6.45, 7) is 13.2. The number of ether oxygens (including phenoxy) is 1. The van der Waals surface area contributed by atoms with Crippen molar-refractivity contribution < 1.29 is 9.53 Å². The van der Waals surface area contributed by atoms with E-state index < -0.39 is 0 Å². The molecule has 1 rings (SSSR count). The van der Waals surface area contributed by atoms with E-state index in [1.165, 1.54) is 0 Å². The second-order valence-corrected chi connectivity index (χ2v) is 6.46. The number of likely N-dealkylation sites (N-methyl/N-ethyl adjacent to an activating group) is 1. The number of nitrogens with zero attached hydrogens (tertiary/aromatic N) is 3. The number of rotatable bonds is 8. The van der Waals surface area contributed by atoms with Crippen molar-refractivity contribution in [1.29, 1.82) is 0 Å². The summed E-state index contributed by atoms with van der Waals surface area (Å²) in [6, 6.07) is 0.397. The summed E-state index contributed by atoms with van der Waals surface area (Å²) in [7, 11) is 3.46. The third-order valence-corrected chi connectivity index (χ3v) is 4.05. The van der Waals surface area contributed by atoms with Crippen LogP contribution in [0.5, 0.6) is 0 Å². The topological polar surface area (TPSA) is 69.2 Å². The van der Waals surface area contributed by atoms with E-state index in [0.717, 1.165) is 32.8 Å². The number of amides is 1. The summed E-state index contributed by atoms with van der Waals surface area (Å²) >= 11 is 0. The van der Waals surface area contributed by atoms with Gasteiger partial charge in [0.1, 0.15) is 6.54 Å². The molecular formula is C17H33N5O2. The summed E-state index contributed by atoms with van der Waals surface area (Å²) in [5.74, 6) is 1.13. The standard InChI is InChI=1S/C17H33N5O2/c1-6-7-18-17(20-13-16(23)21(4)5)19-12-15(14(2)3)22-8-10-24-11-9-22/h6,14-15H,1,7-13H2,2-5H3,(H2,18,19,20). The smallest absolute Gasteiger partial charge is 0.243 e. The van der Waals surface area contributed by atoms with Crippen molar-refractivity contribution in [3.8, 4) is 0 Å². The fourth-order valence-corrected chi connectivity index (χ4v) is 2.53. The number of hydrogen-bond acceptors (Lipinski definition) is 4. The average molecular weight is 339 g/mol. The minimum absolute atomic E-state index is 0.0247. The van der Waals surface area contributed by atoms with Gasteiger partial charge in [-0.15, -0.1) is 6.58 Å². The number of hydrogen-bond donors (Lipinski definition) is 2. The molecule has 0 radical (unpaired) electrons. The number of nitrogens with one attached hydrogen (secondary N) is 2. The summed E-state index contributed by atoms with van der Waals surface area (Å²) in [6.07, 6.45) is 1.77. The molecule has 0 spiro atoms. The van der Waals surface area contributed by atoms with E-state index in [2.05, 4.69) is 41.0 Å². The second-order valence-electron chi connectivity index (χ2n) is 6.46. The fourth-order valence-electron chi connectivity index (χ4n) is 2.53. The quantitative estimate of drug-likeness (QED) is 0.374. The van der Waals surface area contributed by atoms with Gasteiger partial charge in [0, 0.05) is 46.3 Å². The van der Waals surface area contributed by atoms with Crippen LogP contribution < -0.4 is 10.6 Å². The van der Waals surface area contributed by atoms with Crippen LogP contribution in [-0.4, -0.2) is 87.7 Å². The highest BCUT2D eigenvalue weighted by molar-refractivity contribution is 5.84. The van der Waals surface area contributed by atoms with Gasteiger partial charge in [-0.1, -0.05) is 19.9 Å². The Morgan fingerprint density at radius 3 is 2.54 bits per heavy atom. The lowest BCUT2D eigenvalue weighted by Gasteiger charge is -2.37. The van der Waals surface area contributed by atoms with Gasteiger partial charge in [0.15, 0.2) is 5.96 Å². The van der Waals surface area contributed by atoms with Gasteiger partial charge in [-0.3, -0.25) is 9.69 Å². The van der Waals surface area contributed by atoms with Gasteiger partial charge < -0.3 is 20.3 Å². The maximum atomic E-state index is 11.7. The SMILES string of the molecule is C=CCNC(=NCC(=O)N(C)C)NCC(C(C)C)N1CCOCC1. The third-order valence-electron chi connectivity index (χ3n) is 4.05. The highest BCUT2D eigenvalue weighted by atomic mass is 16.5. The van der Waals surface area contributed by atoms with Crippen molar-refractivity contribution in [2.75, 3.05) is 60.0 Å². The van der Waals surface area contributed by atoms with Crippen LogP contribution in [0.4, 0.5) is 0 Å². The highest BCUT2D eigenvalue weighted by Gasteiger charge is 2.23. The Balaban J connectivity index is 2.63. The van der Waals surface area contributed by atoms with Gasteiger partial charge in [-0.25, -0.2) is 4.99 Å². The Labute approximate surface area is 146 Å². The number of carbonyl (C=O) groups excluding carboxylic acids is 1. The molecule has 1 atom stereocenters. The van der Waals surface area contributed by atoms with Gasteiger partial charge in [0.25, 0.3) is 0 Å². The fraction of sp³-hybridized carbons (Fsp3) is 0.765. The molecule has 1 aliphatic rings. The Hall–Kier alpha value is -1.60. The molecule has 7 heteroatoms. The van der Waals surface area contributed by atoms with Crippen LogP contribution in [0.3, 0.4) is 0 Å². The van der Waals surface area contributed by atoms with Gasteiger partial charge in [0.05, 0.1) is 13.2 Å². The van der Waals surface area contributed by atoms with Crippen molar-refractivity contribution >= 4 is 11.9 Å². The molecule has 1 amide bonds. The largest absolute Gasteiger partial charge is 0.379 e. The Morgan fingerprint density at radius 1 is 1.33 bits per heavy atom.